The van der Waals surface area contributed by atoms with Crippen molar-refractivity contribution in [1.82, 2.24) is 0 Å². The van der Waals surface area contributed by atoms with Gasteiger partial charge in [-0.05, 0) is 24.3 Å². The molecule has 0 fully saturated rings. The molecule has 136 valence electrons. The molecule has 0 saturated carbocycles. The highest BCUT2D eigenvalue weighted by Crippen LogP contribution is 2.29. The summed E-state index contributed by atoms with van der Waals surface area (Å²) >= 11 is 11.8. The van der Waals surface area contributed by atoms with Gasteiger partial charge in [0.2, 0.25) is 0 Å². The minimum Gasteiger partial charge on any atom is -0.482 e. The van der Waals surface area contributed by atoms with E-state index in [9.17, 15) is 19.7 Å². The van der Waals surface area contributed by atoms with E-state index in [4.69, 9.17) is 32.7 Å². The lowest BCUT2D eigenvalue weighted by Gasteiger charge is -2.10. The number of non-ortho nitro benzene ring substituents is 1. The van der Waals surface area contributed by atoms with Crippen LogP contribution in [0.2, 0.25) is 10.0 Å². The van der Waals surface area contributed by atoms with Crippen molar-refractivity contribution < 1.29 is 24.0 Å². The quantitative estimate of drug-likeness (QED) is 0.434. The van der Waals surface area contributed by atoms with Gasteiger partial charge in [-0.3, -0.25) is 14.9 Å². The molecule has 26 heavy (non-hydrogen) atoms. The summed E-state index contributed by atoms with van der Waals surface area (Å²) in [6, 6.07) is 9.88. The van der Waals surface area contributed by atoms with Crippen LogP contribution in [0.5, 0.6) is 5.75 Å². The number of ether oxygens (including phenoxy) is 2. The number of nitro benzene ring substituents is 1. The van der Waals surface area contributed by atoms with Crippen LogP contribution in [-0.4, -0.2) is 30.0 Å². The fraction of sp³-hybridized carbons (Fsp3) is 0.125. The summed E-state index contributed by atoms with van der Waals surface area (Å²) in [5, 5.41) is 13.5. The number of carbonyl (C=O) groups excluding carboxylic acids is 2. The Kier molecular flexibility index (Phi) is 6.76. The molecule has 0 spiro atoms. The maximum Gasteiger partial charge on any atom is 0.344 e. The molecule has 0 aliphatic heterocycles. The average Bonchev–Trinajstić information content (AvgIpc) is 2.61. The summed E-state index contributed by atoms with van der Waals surface area (Å²) in [5.41, 5.74) is 0.119. The second-order valence-electron chi connectivity index (χ2n) is 4.85. The Bertz CT molecular complexity index is 806. The zero-order valence-corrected chi connectivity index (χ0v) is 14.6. The van der Waals surface area contributed by atoms with Crippen molar-refractivity contribution >= 4 is 46.5 Å². The predicted octanol–water partition coefficient (Wildman–Crippen LogP) is 3.46. The average molecular weight is 399 g/mol. The number of benzene rings is 2. The molecule has 0 aliphatic rings. The first kappa shape index (κ1) is 19.5. The fourth-order valence-electron chi connectivity index (χ4n) is 1.79. The number of halogens is 2. The van der Waals surface area contributed by atoms with Gasteiger partial charge < -0.3 is 14.8 Å². The summed E-state index contributed by atoms with van der Waals surface area (Å²) < 4.78 is 9.89. The monoisotopic (exact) mass is 398 g/mol. The number of anilines is 1. The first-order valence-electron chi connectivity index (χ1n) is 7.13. The van der Waals surface area contributed by atoms with Gasteiger partial charge in [0, 0.05) is 12.1 Å². The smallest absolute Gasteiger partial charge is 0.344 e. The van der Waals surface area contributed by atoms with Crippen LogP contribution >= 0.6 is 23.2 Å². The lowest BCUT2D eigenvalue weighted by Crippen LogP contribution is -2.23. The first-order valence-corrected chi connectivity index (χ1v) is 7.89. The second kappa shape index (κ2) is 9.02. The Balaban J connectivity index is 1.77. The van der Waals surface area contributed by atoms with Crippen LogP contribution in [-0.2, 0) is 14.3 Å². The number of carbonyl (C=O) groups is 2. The van der Waals surface area contributed by atoms with Gasteiger partial charge in [-0.15, -0.1) is 0 Å². The molecule has 2 rings (SSSR count). The Morgan fingerprint density at radius 2 is 1.65 bits per heavy atom. The second-order valence-corrected chi connectivity index (χ2v) is 5.66. The number of nitrogens with one attached hydrogen (secondary N) is 1. The van der Waals surface area contributed by atoms with Gasteiger partial charge in [-0.25, -0.2) is 4.79 Å². The van der Waals surface area contributed by atoms with Gasteiger partial charge in [-0.2, -0.15) is 0 Å². The molecule has 0 saturated heterocycles. The Labute approximate surface area is 157 Å². The molecule has 1 N–H and O–H groups in total. The molecule has 0 unspecified atom stereocenters. The maximum absolute atomic E-state index is 11.8. The third kappa shape index (κ3) is 5.61. The number of amides is 1. The molecular weight excluding hydrogens is 387 g/mol. The molecule has 0 aliphatic carbocycles. The fourth-order valence-corrected chi connectivity index (χ4v) is 2.28. The Morgan fingerprint density at radius 3 is 2.23 bits per heavy atom. The van der Waals surface area contributed by atoms with E-state index in [-0.39, 0.29) is 27.2 Å². The highest BCUT2D eigenvalue weighted by atomic mass is 35.5. The third-order valence-corrected chi connectivity index (χ3v) is 3.63. The zero-order chi connectivity index (χ0) is 19.1. The molecule has 8 nitrogen and oxygen atoms in total. The van der Waals surface area contributed by atoms with Crippen LogP contribution in [0.25, 0.3) is 0 Å². The SMILES string of the molecule is O=C(COC(=O)COc1ccc([N+](=O)[O-])cc1)Nc1c(Cl)cccc1Cl. The van der Waals surface area contributed by atoms with Crippen molar-refractivity contribution in [1.29, 1.82) is 0 Å². The van der Waals surface area contributed by atoms with Crippen LogP contribution in [0, 0.1) is 10.1 Å². The lowest BCUT2D eigenvalue weighted by molar-refractivity contribution is -0.384. The molecule has 2 aromatic carbocycles. The van der Waals surface area contributed by atoms with Gasteiger partial charge in [-0.1, -0.05) is 29.3 Å². The number of nitrogens with zero attached hydrogens (tertiary/aromatic N) is 1. The topological polar surface area (TPSA) is 108 Å². The molecule has 1 amide bonds. The van der Waals surface area contributed by atoms with Crippen molar-refractivity contribution in [2.24, 2.45) is 0 Å². The lowest BCUT2D eigenvalue weighted by atomic mass is 10.3. The van der Waals surface area contributed by atoms with E-state index in [1.165, 1.54) is 24.3 Å². The largest absolute Gasteiger partial charge is 0.482 e. The van der Waals surface area contributed by atoms with Crippen LogP contribution in [0.15, 0.2) is 42.5 Å². The third-order valence-electron chi connectivity index (χ3n) is 3.00. The molecule has 0 aromatic heterocycles. The minimum atomic E-state index is -0.788. The van der Waals surface area contributed by atoms with E-state index >= 15 is 0 Å². The van der Waals surface area contributed by atoms with Crippen LogP contribution in [0.3, 0.4) is 0 Å². The number of hydrogen-bond acceptors (Lipinski definition) is 6. The van der Waals surface area contributed by atoms with Crippen molar-refractivity contribution in [2.45, 2.75) is 0 Å². The number of para-hydroxylation sites is 1. The predicted molar refractivity (Wildman–Crippen MR) is 94.6 cm³/mol. The van der Waals surface area contributed by atoms with Crippen LogP contribution in [0.1, 0.15) is 0 Å². The standard InChI is InChI=1S/C16H12Cl2N2O6/c17-12-2-1-3-13(18)16(12)19-14(21)8-26-15(22)9-25-11-6-4-10(5-7-11)20(23)24/h1-7H,8-9H2,(H,19,21). The zero-order valence-electron chi connectivity index (χ0n) is 13.1. The van der Waals surface area contributed by atoms with Gasteiger partial charge in [0.25, 0.3) is 11.6 Å². The number of rotatable bonds is 7. The van der Waals surface area contributed by atoms with E-state index in [0.29, 0.717) is 0 Å². The highest BCUT2D eigenvalue weighted by molar-refractivity contribution is 6.39. The summed E-state index contributed by atoms with van der Waals surface area (Å²) in [4.78, 5) is 33.4. The highest BCUT2D eigenvalue weighted by Gasteiger charge is 2.13. The normalized spacial score (nSPS) is 10.1. The Hall–Kier alpha value is -2.84. The molecule has 0 radical (unpaired) electrons. The summed E-state index contributed by atoms with van der Waals surface area (Å²) in [5.74, 6) is -1.16. The van der Waals surface area contributed by atoms with Gasteiger partial charge in [0.1, 0.15) is 5.75 Å². The molecule has 2 aromatic rings. The van der Waals surface area contributed by atoms with E-state index in [0.717, 1.165) is 0 Å². The number of esters is 1. The van der Waals surface area contributed by atoms with E-state index in [1.54, 1.807) is 18.2 Å². The summed E-state index contributed by atoms with van der Waals surface area (Å²) in [6.07, 6.45) is 0. The van der Waals surface area contributed by atoms with Gasteiger partial charge in [0.05, 0.1) is 20.7 Å². The van der Waals surface area contributed by atoms with Crippen LogP contribution in [0.4, 0.5) is 11.4 Å². The van der Waals surface area contributed by atoms with E-state index in [2.05, 4.69) is 5.32 Å². The summed E-state index contributed by atoms with van der Waals surface area (Å²) in [7, 11) is 0. The van der Waals surface area contributed by atoms with Gasteiger partial charge in [0.15, 0.2) is 13.2 Å². The van der Waals surface area contributed by atoms with Crippen molar-refractivity contribution in [3.63, 3.8) is 0 Å². The van der Waals surface area contributed by atoms with Crippen molar-refractivity contribution in [3.05, 3.63) is 62.6 Å². The maximum atomic E-state index is 11.8. The molecule has 0 heterocycles. The molecule has 0 bridgehead atoms. The van der Waals surface area contributed by atoms with E-state index < -0.39 is 30.0 Å². The van der Waals surface area contributed by atoms with Gasteiger partial charge >= 0.3 is 5.97 Å². The molecule has 10 heteroatoms. The minimum absolute atomic E-state index is 0.102. The molecule has 0 atom stereocenters. The molecular formula is C16H12Cl2N2O6. The first-order chi connectivity index (χ1) is 12.4. The van der Waals surface area contributed by atoms with Crippen LogP contribution < -0.4 is 10.1 Å². The van der Waals surface area contributed by atoms with Crippen molar-refractivity contribution in [3.8, 4) is 5.75 Å². The number of nitro groups is 1. The number of hydrogen-bond donors (Lipinski definition) is 1. The Morgan fingerprint density at radius 1 is 1.04 bits per heavy atom. The summed E-state index contributed by atoms with van der Waals surface area (Å²) in [6.45, 7) is -1.01. The van der Waals surface area contributed by atoms with E-state index in [1.807, 2.05) is 0 Å². The van der Waals surface area contributed by atoms with Crippen molar-refractivity contribution in [2.75, 3.05) is 18.5 Å².